The summed E-state index contributed by atoms with van der Waals surface area (Å²) in [5.74, 6) is -0.0190. The lowest BCUT2D eigenvalue weighted by atomic mass is 10.3. The first-order chi connectivity index (χ1) is 7.11. The fourth-order valence-corrected chi connectivity index (χ4v) is 1.57. The highest BCUT2D eigenvalue weighted by Gasteiger charge is 2.13. The number of rotatable bonds is 1. The molecule has 0 aliphatic carbocycles. The van der Waals surface area contributed by atoms with Crippen LogP contribution < -0.4 is 5.69 Å². The van der Waals surface area contributed by atoms with Crippen LogP contribution in [0.4, 0.5) is 0 Å². The van der Waals surface area contributed by atoms with Crippen LogP contribution in [0.1, 0.15) is 0 Å². The van der Waals surface area contributed by atoms with Gasteiger partial charge < -0.3 is 5.11 Å². The number of phenols is 1. The van der Waals surface area contributed by atoms with Gasteiger partial charge in [0.05, 0.1) is 5.69 Å². The van der Waals surface area contributed by atoms with Crippen molar-refractivity contribution >= 4 is 11.6 Å². The van der Waals surface area contributed by atoms with E-state index in [1.165, 1.54) is 13.1 Å². The number of aromatic hydroxyl groups is 1. The van der Waals surface area contributed by atoms with Crippen LogP contribution in [0.3, 0.4) is 0 Å². The van der Waals surface area contributed by atoms with E-state index >= 15 is 0 Å². The number of halogens is 1. The number of aryl methyl sites for hydroxylation is 1. The van der Waals surface area contributed by atoms with Crippen molar-refractivity contribution in [3.63, 3.8) is 0 Å². The van der Waals surface area contributed by atoms with E-state index in [1.54, 1.807) is 18.2 Å². The van der Waals surface area contributed by atoms with Gasteiger partial charge in [0, 0.05) is 7.05 Å². The molecule has 2 rings (SSSR count). The molecule has 1 aromatic heterocycles. The third kappa shape index (κ3) is 1.50. The summed E-state index contributed by atoms with van der Waals surface area (Å²) in [6.07, 6.45) is 0. The zero-order chi connectivity index (χ0) is 11.0. The Labute approximate surface area is 90.1 Å². The van der Waals surface area contributed by atoms with Crippen molar-refractivity contribution < 1.29 is 5.11 Å². The molecule has 1 heterocycles. The Balaban J connectivity index is 2.75. The van der Waals surface area contributed by atoms with Crippen molar-refractivity contribution in [1.82, 2.24) is 14.3 Å². The molecule has 2 aromatic rings. The number of benzene rings is 1. The second kappa shape index (κ2) is 3.43. The van der Waals surface area contributed by atoms with Crippen molar-refractivity contribution in [3.05, 3.63) is 40.0 Å². The van der Waals surface area contributed by atoms with E-state index in [4.69, 9.17) is 11.6 Å². The second-order valence-electron chi connectivity index (χ2n) is 3.00. The highest BCUT2D eigenvalue weighted by molar-refractivity contribution is 6.28. The van der Waals surface area contributed by atoms with Crippen LogP contribution in [0.25, 0.3) is 5.69 Å². The average molecular weight is 226 g/mol. The number of para-hydroxylation sites is 2. The molecule has 0 spiro atoms. The molecule has 1 N–H and O–H groups in total. The number of phenolic OH excluding ortho intramolecular Hbond substituents is 1. The molecular weight excluding hydrogens is 218 g/mol. The zero-order valence-corrected chi connectivity index (χ0v) is 8.64. The van der Waals surface area contributed by atoms with Gasteiger partial charge in [0.25, 0.3) is 0 Å². The third-order valence-corrected chi connectivity index (χ3v) is 2.25. The minimum Gasteiger partial charge on any atom is -0.506 e. The number of hydrogen-bond acceptors (Lipinski definition) is 3. The Morgan fingerprint density at radius 1 is 1.40 bits per heavy atom. The van der Waals surface area contributed by atoms with E-state index in [-0.39, 0.29) is 11.0 Å². The van der Waals surface area contributed by atoms with E-state index in [0.717, 1.165) is 9.25 Å². The Hall–Kier alpha value is -1.75. The highest BCUT2D eigenvalue weighted by atomic mass is 35.5. The summed E-state index contributed by atoms with van der Waals surface area (Å²) in [4.78, 5) is 11.6. The second-order valence-corrected chi connectivity index (χ2v) is 3.34. The predicted octanol–water partition coefficient (Wildman–Crippen LogP) is 0.930. The number of aromatic nitrogens is 3. The first kappa shape index (κ1) is 9.79. The van der Waals surface area contributed by atoms with E-state index in [0.29, 0.717) is 5.69 Å². The monoisotopic (exact) mass is 225 g/mol. The molecule has 0 amide bonds. The fraction of sp³-hybridized carbons (Fsp3) is 0.111. The van der Waals surface area contributed by atoms with Gasteiger partial charge in [-0.15, -0.1) is 5.10 Å². The van der Waals surface area contributed by atoms with E-state index < -0.39 is 5.69 Å². The van der Waals surface area contributed by atoms with E-state index in [2.05, 4.69) is 5.10 Å². The van der Waals surface area contributed by atoms with E-state index in [9.17, 15) is 9.90 Å². The van der Waals surface area contributed by atoms with Crippen LogP contribution >= 0.6 is 11.6 Å². The first-order valence-corrected chi connectivity index (χ1v) is 4.59. The number of nitrogens with zero attached hydrogens (tertiary/aromatic N) is 3. The summed E-state index contributed by atoms with van der Waals surface area (Å²) in [5, 5.41) is 13.3. The molecular formula is C9H8ClN3O2. The first-order valence-electron chi connectivity index (χ1n) is 4.21. The van der Waals surface area contributed by atoms with Gasteiger partial charge in [-0.05, 0) is 23.7 Å². The lowest BCUT2D eigenvalue weighted by Crippen LogP contribution is -2.21. The molecule has 0 aliphatic heterocycles. The SMILES string of the molecule is Cn1nc(Cl)n(-c2ccccc2O)c1=O. The lowest BCUT2D eigenvalue weighted by Gasteiger charge is -2.03. The fourth-order valence-electron chi connectivity index (χ4n) is 1.29. The average Bonchev–Trinajstić information content (AvgIpc) is 2.43. The van der Waals surface area contributed by atoms with Crippen LogP contribution in [0, 0.1) is 0 Å². The van der Waals surface area contributed by atoms with Crippen LogP contribution in [-0.4, -0.2) is 19.5 Å². The Morgan fingerprint density at radius 2 is 2.07 bits per heavy atom. The van der Waals surface area contributed by atoms with Gasteiger partial charge in [0.1, 0.15) is 5.75 Å². The molecule has 0 atom stereocenters. The molecule has 0 radical (unpaired) electrons. The van der Waals surface area contributed by atoms with Gasteiger partial charge in [-0.2, -0.15) is 0 Å². The number of hydrogen-bond donors (Lipinski definition) is 1. The normalized spacial score (nSPS) is 10.5. The minimum atomic E-state index is -0.401. The Morgan fingerprint density at radius 3 is 2.60 bits per heavy atom. The van der Waals surface area contributed by atoms with Crippen molar-refractivity contribution in [2.45, 2.75) is 0 Å². The summed E-state index contributed by atoms with van der Waals surface area (Å²) < 4.78 is 2.24. The summed E-state index contributed by atoms with van der Waals surface area (Å²) >= 11 is 5.78. The van der Waals surface area contributed by atoms with Gasteiger partial charge in [-0.3, -0.25) is 0 Å². The standard InChI is InChI=1S/C9H8ClN3O2/c1-12-9(15)13(8(10)11-12)6-4-2-3-5-7(6)14/h2-5,14H,1H3. The maximum absolute atomic E-state index is 11.6. The van der Waals surface area contributed by atoms with Gasteiger partial charge in [0.2, 0.25) is 5.28 Å². The molecule has 0 saturated carbocycles. The minimum absolute atomic E-state index is 0.0176. The molecule has 1 aromatic carbocycles. The summed E-state index contributed by atoms with van der Waals surface area (Å²) in [7, 11) is 1.49. The van der Waals surface area contributed by atoms with Gasteiger partial charge in [-0.1, -0.05) is 12.1 Å². The van der Waals surface area contributed by atoms with Crippen LogP contribution in [0.5, 0.6) is 5.75 Å². The Kier molecular flexibility index (Phi) is 2.24. The van der Waals surface area contributed by atoms with Crippen molar-refractivity contribution in [2.24, 2.45) is 7.05 Å². The molecule has 0 saturated heterocycles. The van der Waals surface area contributed by atoms with Crippen molar-refractivity contribution in [2.75, 3.05) is 0 Å². The third-order valence-electron chi connectivity index (χ3n) is 2.01. The molecule has 0 aliphatic rings. The molecule has 0 bridgehead atoms. The summed E-state index contributed by atoms with van der Waals surface area (Å²) in [6.45, 7) is 0. The van der Waals surface area contributed by atoms with Gasteiger partial charge in [-0.25, -0.2) is 14.0 Å². The lowest BCUT2D eigenvalue weighted by molar-refractivity contribution is 0.471. The van der Waals surface area contributed by atoms with Crippen molar-refractivity contribution in [1.29, 1.82) is 0 Å². The molecule has 6 heteroatoms. The zero-order valence-electron chi connectivity index (χ0n) is 7.88. The Bertz CT molecular complexity index is 559. The van der Waals surface area contributed by atoms with E-state index in [1.807, 2.05) is 0 Å². The summed E-state index contributed by atoms with van der Waals surface area (Å²) in [6, 6.07) is 6.42. The topological polar surface area (TPSA) is 60.1 Å². The van der Waals surface area contributed by atoms with Gasteiger partial charge in [0.15, 0.2) is 0 Å². The predicted molar refractivity (Wildman–Crippen MR) is 55.5 cm³/mol. The maximum atomic E-state index is 11.6. The molecule has 15 heavy (non-hydrogen) atoms. The molecule has 0 fully saturated rings. The molecule has 78 valence electrons. The van der Waals surface area contributed by atoms with Gasteiger partial charge >= 0.3 is 5.69 Å². The largest absolute Gasteiger partial charge is 0.506 e. The summed E-state index contributed by atoms with van der Waals surface area (Å²) in [5.41, 5.74) is -0.0814. The molecule has 5 nitrogen and oxygen atoms in total. The molecule has 0 unspecified atom stereocenters. The maximum Gasteiger partial charge on any atom is 0.351 e. The van der Waals surface area contributed by atoms with Crippen LogP contribution in [0.2, 0.25) is 5.28 Å². The quantitative estimate of drug-likeness (QED) is 0.786. The van der Waals surface area contributed by atoms with Crippen molar-refractivity contribution in [3.8, 4) is 11.4 Å². The van der Waals surface area contributed by atoms with Crippen LogP contribution in [-0.2, 0) is 7.05 Å². The highest BCUT2D eigenvalue weighted by Crippen LogP contribution is 2.21. The van der Waals surface area contributed by atoms with Crippen LogP contribution in [0.15, 0.2) is 29.1 Å². The smallest absolute Gasteiger partial charge is 0.351 e.